The van der Waals surface area contributed by atoms with Crippen LogP contribution in [-0.2, 0) is 0 Å². The van der Waals surface area contributed by atoms with E-state index in [2.05, 4.69) is 5.92 Å². The van der Waals surface area contributed by atoms with Crippen LogP contribution in [-0.4, -0.2) is 14.2 Å². The van der Waals surface area contributed by atoms with Crippen molar-refractivity contribution in [3.05, 3.63) is 24.3 Å². The Hall–Kier alpha value is -1.62. The zero-order valence-corrected chi connectivity index (χ0v) is 8.91. The summed E-state index contributed by atoms with van der Waals surface area (Å²) in [5.41, 5.74) is 0. The summed E-state index contributed by atoms with van der Waals surface area (Å²) in [5, 5.41) is 0. The van der Waals surface area contributed by atoms with Gasteiger partial charge in [0.15, 0.2) is 0 Å². The van der Waals surface area contributed by atoms with Crippen LogP contribution in [0.3, 0.4) is 0 Å². The number of terminal acetylenes is 1. The number of methoxy groups -OCH3 is 2. The Morgan fingerprint density at radius 1 is 1.21 bits per heavy atom. The van der Waals surface area contributed by atoms with Gasteiger partial charge in [-0.05, 0) is 12.1 Å². The average Bonchev–Trinajstić information content (AvgIpc) is 2.29. The molecular formula is C12H16O2. The predicted octanol–water partition coefficient (Wildman–Crippen LogP) is 2.73. The molecule has 0 aliphatic carbocycles. The second kappa shape index (κ2) is 8.00. The van der Waals surface area contributed by atoms with E-state index in [0.29, 0.717) is 0 Å². The van der Waals surface area contributed by atoms with E-state index in [1.807, 2.05) is 31.2 Å². The second-order valence-corrected chi connectivity index (χ2v) is 2.44. The molecule has 0 bridgehead atoms. The van der Waals surface area contributed by atoms with Gasteiger partial charge in [-0.1, -0.05) is 13.0 Å². The number of rotatable bonds is 2. The molecule has 14 heavy (non-hydrogen) atoms. The van der Waals surface area contributed by atoms with E-state index < -0.39 is 0 Å². The average molecular weight is 192 g/mol. The first kappa shape index (κ1) is 12.4. The van der Waals surface area contributed by atoms with Crippen molar-refractivity contribution >= 4 is 0 Å². The summed E-state index contributed by atoms with van der Waals surface area (Å²) < 4.78 is 9.95. The van der Waals surface area contributed by atoms with Crippen LogP contribution in [0.2, 0.25) is 0 Å². The Kier molecular flexibility index (Phi) is 7.07. The molecule has 0 N–H and O–H groups in total. The van der Waals surface area contributed by atoms with E-state index in [-0.39, 0.29) is 0 Å². The maximum atomic E-state index is 4.98. The van der Waals surface area contributed by atoms with E-state index in [0.717, 1.165) is 17.9 Å². The Morgan fingerprint density at radius 2 is 1.64 bits per heavy atom. The summed E-state index contributed by atoms with van der Waals surface area (Å²) in [6, 6.07) is 7.47. The van der Waals surface area contributed by atoms with Gasteiger partial charge >= 0.3 is 0 Å². The predicted molar refractivity (Wildman–Crippen MR) is 58.7 cm³/mol. The summed E-state index contributed by atoms with van der Waals surface area (Å²) in [6.45, 7) is 1.94. The summed E-state index contributed by atoms with van der Waals surface area (Å²) >= 11 is 0. The lowest BCUT2D eigenvalue weighted by Crippen LogP contribution is -1.84. The van der Waals surface area contributed by atoms with Crippen LogP contribution >= 0.6 is 0 Å². The third-order valence-corrected chi connectivity index (χ3v) is 1.48. The highest BCUT2D eigenvalue weighted by Gasteiger charge is 1.91. The van der Waals surface area contributed by atoms with Gasteiger partial charge < -0.3 is 9.47 Å². The lowest BCUT2D eigenvalue weighted by Gasteiger charge is -2.01. The largest absolute Gasteiger partial charge is 0.497 e. The summed E-state index contributed by atoms with van der Waals surface area (Å²) in [5.74, 6) is 4.07. The molecule has 0 fully saturated rings. The molecule has 1 aromatic rings. The highest BCUT2D eigenvalue weighted by Crippen LogP contribution is 2.17. The topological polar surface area (TPSA) is 18.5 Å². The molecule has 0 radical (unpaired) electrons. The Balaban J connectivity index is 0.000000364. The summed E-state index contributed by atoms with van der Waals surface area (Å²) in [4.78, 5) is 0. The van der Waals surface area contributed by atoms with Gasteiger partial charge in [-0.25, -0.2) is 0 Å². The van der Waals surface area contributed by atoms with Gasteiger partial charge in [-0.2, -0.15) is 0 Å². The minimum Gasteiger partial charge on any atom is -0.497 e. The Bertz CT molecular complexity index is 267. The van der Waals surface area contributed by atoms with Gasteiger partial charge in [0.05, 0.1) is 14.2 Å². The third-order valence-electron chi connectivity index (χ3n) is 1.48. The molecule has 76 valence electrons. The molecule has 2 heteroatoms. The fourth-order valence-electron chi connectivity index (χ4n) is 0.728. The molecule has 0 amide bonds. The van der Waals surface area contributed by atoms with Gasteiger partial charge in [0.1, 0.15) is 11.5 Å². The molecule has 0 heterocycles. The fraction of sp³-hybridized carbons (Fsp3) is 0.333. The number of hydrogen-bond donors (Lipinski definition) is 0. The molecule has 1 aromatic carbocycles. The maximum absolute atomic E-state index is 4.98. The summed E-state index contributed by atoms with van der Waals surface area (Å²) in [6.07, 6.45) is 5.62. The molecule has 0 atom stereocenters. The molecular weight excluding hydrogens is 176 g/mol. The molecule has 0 aliphatic heterocycles. The van der Waals surface area contributed by atoms with Crippen molar-refractivity contribution in [2.45, 2.75) is 13.3 Å². The Labute approximate surface area is 85.9 Å². The van der Waals surface area contributed by atoms with E-state index in [1.165, 1.54) is 0 Å². The van der Waals surface area contributed by atoms with Crippen LogP contribution in [0.4, 0.5) is 0 Å². The van der Waals surface area contributed by atoms with Crippen LogP contribution in [0.5, 0.6) is 11.5 Å². The van der Waals surface area contributed by atoms with Gasteiger partial charge in [0.25, 0.3) is 0 Å². The molecule has 0 aliphatic rings. The van der Waals surface area contributed by atoms with Crippen molar-refractivity contribution in [2.24, 2.45) is 0 Å². The van der Waals surface area contributed by atoms with Crippen molar-refractivity contribution in [1.29, 1.82) is 0 Å². The van der Waals surface area contributed by atoms with Crippen molar-refractivity contribution in [3.8, 4) is 23.8 Å². The summed E-state index contributed by atoms with van der Waals surface area (Å²) in [7, 11) is 3.27. The highest BCUT2D eigenvalue weighted by atomic mass is 16.5. The zero-order valence-electron chi connectivity index (χ0n) is 8.91. The highest BCUT2D eigenvalue weighted by molar-refractivity contribution is 5.32. The molecule has 0 spiro atoms. The van der Waals surface area contributed by atoms with Crippen molar-refractivity contribution in [3.63, 3.8) is 0 Å². The van der Waals surface area contributed by atoms with Gasteiger partial charge in [-0.3, -0.25) is 0 Å². The first-order chi connectivity index (χ1) is 6.78. The minimum atomic E-state index is 0.819. The lowest BCUT2D eigenvalue weighted by atomic mass is 10.3. The SMILES string of the molecule is C#CCC.COc1cccc(OC)c1. The first-order valence-electron chi connectivity index (χ1n) is 4.40. The van der Waals surface area contributed by atoms with Gasteiger partial charge in [-0.15, -0.1) is 12.3 Å². The molecule has 1 rings (SSSR count). The molecule has 0 aromatic heterocycles. The van der Waals surface area contributed by atoms with Crippen LogP contribution in [0.15, 0.2) is 24.3 Å². The third kappa shape index (κ3) is 5.10. The minimum absolute atomic E-state index is 0.819. The van der Waals surface area contributed by atoms with Crippen LogP contribution in [0, 0.1) is 12.3 Å². The fourth-order valence-corrected chi connectivity index (χ4v) is 0.728. The Morgan fingerprint density at radius 3 is 1.93 bits per heavy atom. The number of benzene rings is 1. The maximum Gasteiger partial charge on any atom is 0.122 e. The zero-order chi connectivity index (χ0) is 10.8. The monoisotopic (exact) mass is 192 g/mol. The van der Waals surface area contributed by atoms with E-state index in [9.17, 15) is 0 Å². The quantitative estimate of drug-likeness (QED) is 0.671. The molecule has 2 nitrogen and oxygen atoms in total. The first-order valence-corrected chi connectivity index (χ1v) is 4.40. The van der Waals surface area contributed by atoms with Crippen LogP contribution in [0.25, 0.3) is 0 Å². The molecule has 0 unspecified atom stereocenters. The van der Waals surface area contributed by atoms with E-state index in [1.54, 1.807) is 14.2 Å². The van der Waals surface area contributed by atoms with Crippen LogP contribution < -0.4 is 9.47 Å². The van der Waals surface area contributed by atoms with Gasteiger partial charge in [0, 0.05) is 12.5 Å². The van der Waals surface area contributed by atoms with E-state index >= 15 is 0 Å². The van der Waals surface area contributed by atoms with Crippen LogP contribution in [0.1, 0.15) is 13.3 Å². The normalized spacial score (nSPS) is 7.86. The number of hydrogen-bond acceptors (Lipinski definition) is 2. The lowest BCUT2D eigenvalue weighted by molar-refractivity contribution is 0.394. The van der Waals surface area contributed by atoms with Gasteiger partial charge in [0.2, 0.25) is 0 Å². The van der Waals surface area contributed by atoms with E-state index in [4.69, 9.17) is 15.9 Å². The standard InChI is InChI=1S/C8H10O2.C4H6/c1-9-7-4-3-5-8(6-7)10-2;1-3-4-2/h3-6H,1-2H3;1H,4H2,2H3. The van der Waals surface area contributed by atoms with Crippen molar-refractivity contribution < 1.29 is 9.47 Å². The smallest absolute Gasteiger partial charge is 0.122 e. The van der Waals surface area contributed by atoms with Crippen molar-refractivity contribution in [1.82, 2.24) is 0 Å². The number of ether oxygens (including phenoxy) is 2. The molecule has 0 saturated carbocycles. The van der Waals surface area contributed by atoms with Crippen molar-refractivity contribution in [2.75, 3.05) is 14.2 Å². The second-order valence-electron chi connectivity index (χ2n) is 2.44. The molecule has 0 saturated heterocycles.